The molecule has 0 saturated heterocycles. The van der Waals surface area contributed by atoms with Crippen molar-refractivity contribution >= 4 is 11.8 Å². The van der Waals surface area contributed by atoms with Crippen LogP contribution in [0.15, 0.2) is 24.3 Å². The first kappa shape index (κ1) is 13.0. The molecule has 0 aliphatic heterocycles. The van der Waals surface area contributed by atoms with Crippen molar-refractivity contribution in [2.75, 3.05) is 20.0 Å². The number of methoxy groups -OCH3 is 2. The van der Waals surface area contributed by atoms with E-state index in [0.29, 0.717) is 5.56 Å². The second-order valence-electron chi connectivity index (χ2n) is 3.23. The second kappa shape index (κ2) is 7.29. The van der Waals surface area contributed by atoms with Crippen LogP contribution in [0.5, 0.6) is 0 Å². The highest BCUT2D eigenvalue weighted by Crippen LogP contribution is 2.15. The van der Waals surface area contributed by atoms with Crippen molar-refractivity contribution in [3.05, 3.63) is 35.4 Å². The molecule has 1 rings (SSSR count). The molecule has 0 N–H and O–H groups in total. The molecule has 0 saturated carbocycles. The minimum atomic E-state index is -0.163. The van der Waals surface area contributed by atoms with Gasteiger partial charge in [0.15, 0.2) is 6.29 Å². The van der Waals surface area contributed by atoms with Crippen LogP contribution in [0.2, 0.25) is 0 Å². The van der Waals surface area contributed by atoms with Crippen LogP contribution in [0, 0.1) is 11.3 Å². The molecule has 0 bridgehead atoms. The number of rotatable bonds is 6. The maximum Gasteiger partial charge on any atom is 0.165 e. The summed E-state index contributed by atoms with van der Waals surface area (Å²) >= 11 is 1.72. The highest BCUT2D eigenvalue weighted by atomic mass is 32.2. The van der Waals surface area contributed by atoms with Gasteiger partial charge in [-0.05, 0) is 17.7 Å². The summed E-state index contributed by atoms with van der Waals surface area (Å²) in [6.45, 7) is 0. The van der Waals surface area contributed by atoms with E-state index < -0.39 is 0 Å². The van der Waals surface area contributed by atoms with Crippen molar-refractivity contribution in [3.8, 4) is 6.07 Å². The molecule has 0 unspecified atom stereocenters. The van der Waals surface area contributed by atoms with Gasteiger partial charge in [0, 0.05) is 25.7 Å². The largest absolute Gasteiger partial charge is 0.355 e. The summed E-state index contributed by atoms with van der Waals surface area (Å²) in [5.41, 5.74) is 1.85. The van der Waals surface area contributed by atoms with Crippen molar-refractivity contribution in [2.24, 2.45) is 0 Å². The van der Waals surface area contributed by atoms with Gasteiger partial charge in [0.05, 0.1) is 11.6 Å². The van der Waals surface area contributed by atoms with E-state index in [2.05, 4.69) is 6.07 Å². The van der Waals surface area contributed by atoms with Crippen LogP contribution in [0.1, 0.15) is 11.1 Å². The molecule has 1 aromatic carbocycles. The molecule has 0 atom stereocenters. The molecule has 0 heterocycles. The van der Waals surface area contributed by atoms with E-state index in [4.69, 9.17) is 14.7 Å². The highest BCUT2D eigenvalue weighted by Gasteiger charge is 2.04. The van der Waals surface area contributed by atoms with E-state index in [1.165, 1.54) is 0 Å². The van der Waals surface area contributed by atoms with Crippen molar-refractivity contribution < 1.29 is 9.47 Å². The maximum absolute atomic E-state index is 8.76. The molecular weight excluding hydrogens is 222 g/mol. The van der Waals surface area contributed by atoms with Crippen LogP contribution in [-0.4, -0.2) is 26.3 Å². The van der Waals surface area contributed by atoms with E-state index in [1.807, 2.05) is 18.2 Å². The van der Waals surface area contributed by atoms with Crippen LogP contribution >= 0.6 is 11.8 Å². The Balaban J connectivity index is 2.40. The fourth-order valence-corrected chi connectivity index (χ4v) is 2.23. The molecule has 0 fully saturated rings. The Morgan fingerprint density at radius 3 is 2.75 bits per heavy atom. The number of thioether (sulfide) groups is 1. The quantitative estimate of drug-likeness (QED) is 0.713. The van der Waals surface area contributed by atoms with Gasteiger partial charge in [0.2, 0.25) is 0 Å². The summed E-state index contributed by atoms with van der Waals surface area (Å²) in [6, 6.07) is 9.76. The lowest BCUT2D eigenvalue weighted by molar-refractivity contribution is -0.0842. The Morgan fingerprint density at radius 2 is 2.12 bits per heavy atom. The topological polar surface area (TPSA) is 42.2 Å². The molecule has 0 aliphatic carbocycles. The fraction of sp³-hybridized carbons (Fsp3) is 0.417. The van der Waals surface area contributed by atoms with Gasteiger partial charge in [-0.25, -0.2) is 0 Å². The van der Waals surface area contributed by atoms with Crippen LogP contribution in [0.3, 0.4) is 0 Å². The first-order chi connectivity index (χ1) is 7.80. The molecule has 0 amide bonds. The lowest BCUT2D eigenvalue weighted by atomic mass is 10.2. The normalized spacial score (nSPS) is 10.4. The second-order valence-corrected chi connectivity index (χ2v) is 4.26. The lowest BCUT2D eigenvalue weighted by Crippen LogP contribution is -2.15. The molecule has 16 heavy (non-hydrogen) atoms. The number of nitrogens with zero attached hydrogens (tertiary/aromatic N) is 1. The Morgan fingerprint density at radius 1 is 1.38 bits per heavy atom. The summed E-state index contributed by atoms with van der Waals surface area (Å²) in [5, 5.41) is 8.76. The van der Waals surface area contributed by atoms with Crippen molar-refractivity contribution in [1.82, 2.24) is 0 Å². The predicted octanol–water partition coefficient (Wildman–Crippen LogP) is 2.41. The first-order valence-electron chi connectivity index (χ1n) is 4.92. The van der Waals surface area contributed by atoms with E-state index in [1.54, 1.807) is 32.0 Å². The smallest absolute Gasteiger partial charge is 0.165 e. The highest BCUT2D eigenvalue weighted by molar-refractivity contribution is 7.98. The van der Waals surface area contributed by atoms with Crippen LogP contribution in [-0.2, 0) is 15.2 Å². The summed E-state index contributed by atoms with van der Waals surface area (Å²) in [4.78, 5) is 0. The number of hydrogen-bond acceptors (Lipinski definition) is 4. The van der Waals surface area contributed by atoms with Crippen LogP contribution in [0.4, 0.5) is 0 Å². The fourth-order valence-electron chi connectivity index (χ4n) is 1.24. The third kappa shape index (κ3) is 4.23. The summed E-state index contributed by atoms with van der Waals surface area (Å²) in [5.74, 6) is 1.64. The zero-order chi connectivity index (χ0) is 11.8. The standard InChI is InChI=1S/C12H15NO2S/c1-14-12(15-2)9-16-8-11-5-3-4-10(6-11)7-13/h3-6,12H,8-9H2,1-2H3. The Labute approximate surface area is 100 Å². The molecule has 0 aromatic heterocycles. The SMILES string of the molecule is COC(CSCc1cccc(C#N)c1)OC. The number of hydrogen-bond donors (Lipinski definition) is 0. The monoisotopic (exact) mass is 237 g/mol. The maximum atomic E-state index is 8.76. The summed E-state index contributed by atoms with van der Waals surface area (Å²) in [7, 11) is 3.26. The van der Waals surface area contributed by atoms with Crippen molar-refractivity contribution in [1.29, 1.82) is 5.26 Å². The number of nitriles is 1. The molecular formula is C12H15NO2S. The molecule has 86 valence electrons. The summed E-state index contributed by atoms with van der Waals surface area (Å²) < 4.78 is 10.2. The van der Waals surface area contributed by atoms with E-state index in [0.717, 1.165) is 17.1 Å². The predicted molar refractivity (Wildman–Crippen MR) is 65.1 cm³/mol. The van der Waals surface area contributed by atoms with Gasteiger partial charge in [-0.2, -0.15) is 17.0 Å². The molecule has 4 heteroatoms. The van der Waals surface area contributed by atoms with Crippen LogP contribution in [0.25, 0.3) is 0 Å². The zero-order valence-electron chi connectivity index (χ0n) is 9.47. The molecule has 0 radical (unpaired) electrons. The van der Waals surface area contributed by atoms with Gasteiger partial charge in [0.1, 0.15) is 0 Å². The van der Waals surface area contributed by atoms with Crippen molar-refractivity contribution in [2.45, 2.75) is 12.0 Å². The first-order valence-corrected chi connectivity index (χ1v) is 6.08. The van der Waals surface area contributed by atoms with Gasteiger partial charge in [-0.1, -0.05) is 12.1 Å². The Bertz CT molecular complexity index is 358. The molecule has 0 aliphatic rings. The third-order valence-corrected chi connectivity index (χ3v) is 3.15. The minimum Gasteiger partial charge on any atom is -0.355 e. The minimum absolute atomic E-state index is 0.163. The summed E-state index contributed by atoms with van der Waals surface area (Å²) in [6.07, 6.45) is -0.163. The molecule has 3 nitrogen and oxygen atoms in total. The van der Waals surface area contributed by atoms with E-state index in [-0.39, 0.29) is 6.29 Å². The van der Waals surface area contributed by atoms with Gasteiger partial charge >= 0.3 is 0 Å². The molecule has 1 aromatic rings. The lowest BCUT2D eigenvalue weighted by Gasteiger charge is -2.12. The number of benzene rings is 1. The van der Waals surface area contributed by atoms with E-state index >= 15 is 0 Å². The zero-order valence-corrected chi connectivity index (χ0v) is 10.3. The Hall–Kier alpha value is -1.02. The van der Waals surface area contributed by atoms with Gasteiger partial charge in [-0.15, -0.1) is 0 Å². The molecule has 0 spiro atoms. The van der Waals surface area contributed by atoms with Crippen molar-refractivity contribution in [3.63, 3.8) is 0 Å². The Kier molecular flexibility index (Phi) is 5.94. The number of ether oxygens (including phenoxy) is 2. The average Bonchev–Trinajstić information content (AvgIpc) is 2.35. The van der Waals surface area contributed by atoms with Crippen LogP contribution < -0.4 is 0 Å². The van der Waals surface area contributed by atoms with Gasteiger partial charge in [-0.3, -0.25) is 0 Å². The van der Waals surface area contributed by atoms with Gasteiger partial charge < -0.3 is 9.47 Å². The third-order valence-electron chi connectivity index (χ3n) is 2.10. The average molecular weight is 237 g/mol. The van der Waals surface area contributed by atoms with Gasteiger partial charge in [0.25, 0.3) is 0 Å². The van der Waals surface area contributed by atoms with E-state index in [9.17, 15) is 0 Å².